The van der Waals surface area contributed by atoms with Crippen LogP contribution in [0.3, 0.4) is 0 Å². The largest absolute Gasteiger partial charge is 0.455 e. The Hall–Kier alpha value is -3.88. The first kappa shape index (κ1) is 21.4. The van der Waals surface area contributed by atoms with Crippen molar-refractivity contribution in [3.05, 3.63) is 88.1 Å². The van der Waals surface area contributed by atoms with Crippen LogP contribution < -0.4 is 10.7 Å². The SMILES string of the molecule is Cc1c(C(=O)Nc2ccc(F)cc2F)oc2c1/C(=N/NC(=O)c1ccc(F)cc1)CCC2. The second-order valence-corrected chi connectivity index (χ2v) is 7.29. The lowest BCUT2D eigenvalue weighted by Crippen LogP contribution is -2.22. The molecule has 0 spiro atoms. The normalized spacial score (nSPS) is 14.2. The molecule has 1 aliphatic rings. The van der Waals surface area contributed by atoms with E-state index >= 15 is 0 Å². The topological polar surface area (TPSA) is 83.7 Å². The van der Waals surface area contributed by atoms with Crippen LogP contribution in [0, 0.1) is 24.4 Å². The first-order chi connectivity index (χ1) is 15.3. The van der Waals surface area contributed by atoms with E-state index in [1.165, 1.54) is 24.3 Å². The van der Waals surface area contributed by atoms with Crippen molar-refractivity contribution in [3.8, 4) is 0 Å². The highest BCUT2D eigenvalue weighted by Gasteiger charge is 2.28. The van der Waals surface area contributed by atoms with Crippen molar-refractivity contribution < 1.29 is 27.2 Å². The third-order valence-electron chi connectivity index (χ3n) is 5.11. The van der Waals surface area contributed by atoms with Crippen molar-refractivity contribution in [1.29, 1.82) is 0 Å². The lowest BCUT2D eigenvalue weighted by molar-refractivity contribution is 0.0953. The predicted octanol–water partition coefficient (Wildman–Crippen LogP) is 4.73. The molecule has 0 aliphatic heterocycles. The van der Waals surface area contributed by atoms with Crippen molar-refractivity contribution >= 4 is 23.2 Å². The van der Waals surface area contributed by atoms with Crippen molar-refractivity contribution in [2.75, 3.05) is 5.32 Å². The van der Waals surface area contributed by atoms with Gasteiger partial charge in [-0.2, -0.15) is 5.10 Å². The monoisotopic (exact) mass is 441 g/mol. The maximum atomic E-state index is 13.9. The lowest BCUT2D eigenvalue weighted by atomic mass is 9.93. The van der Waals surface area contributed by atoms with E-state index in [4.69, 9.17) is 4.42 Å². The number of nitrogens with one attached hydrogen (secondary N) is 2. The summed E-state index contributed by atoms with van der Waals surface area (Å²) >= 11 is 0. The van der Waals surface area contributed by atoms with Crippen molar-refractivity contribution in [1.82, 2.24) is 5.43 Å². The van der Waals surface area contributed by atoms with Crippen LogP contribution in [-0.4, -0.2) is 17.5 Å². The van der Waals surface area contributed by atoms with Gasteiger partial charge >= 0.3 is 0 Å². The number of amides is 2. The Bertz CT molecular complexity index is 1230. The number of fused-ring (bicyclic) bond motifs is 1. The highest BCUT2D eigenvalue weighted by atomic mass is 19.1. The molecule has 164 valence electrons. The van der Waals surface area contributed by atoms with Crippen LogP contribution >= 0.6 is 0 Å². The van der Waals surface area contributed by atoms with E-state index in [1.807, 2.05) is 0 Å². The molecule has 3 aromatic rings. The second-order valence-electron chi connectivity index (χ2n) is 7.29. The highest BCUT2D eigenvalue weighted by molar-refractivity contribution is 6.09. The van der Waals surface area contributed by atoms with Gasteiger partial charge in [0.1, 0.15) is 23.2 Å². The van der Waals surface area contributed by atoms with Crippen LogP contribution in [0.15, 0.2) is 52.0 Å². The van der Waals surface area contributed by atoms with Gasteiger partial charge in [0.2, 0.25) is 0 Å². The van der Waals surface area contributed by atoms with Crippen molar-refractivity contribution in [3.63, 3.8) is 0 Å². The van der Waals surface area contributed by atoms with Gasteiger partial charge in [0, 0.05) is 29.2 Å². The zero-order valence-electron chi connectivity index (χ0n) is 17.0. The van der Waals surface area contributed by atoms with Gasteiger partial charge < -0.3 is 9.73 Å². The quantitative estimate of drug-likeness (QED) is 0.575. The molecule has 2 amide bonds. The fourth-order valence-corrected chi connectivity index (χ4v) is 3.55. The van der Waals surface area contributed by atoms with E-state index in [-0.39, 0.29) is 17.0 Å². The summed E-state index contributed by atoms with van der Waals surface area (Å²) in [5, 5.41) is 6.57. The molecular formula is C23H18F3N3O3. The van der Waals surface area contributed by atoms with E-state index in [1.54, 1.807) is 6.92 Å². The molecule has 32 heavy (non-hydrogen) atoms. The van der Waals surface area contributed by atoms with Gasteiger partial charge in [0.15, 0.2) is 5.76 Å². The summed E-state index contributed by atoms with van der Waals surface area (Å²) in [4.78, 5) is 24.9. The number of furan rings is 1. The van der Waals surface area contributed by atoms with Crippen LogP contribution in [-0.2, 0) is 6.42 Å². The third kappa shape index (κ3) is 4.27. The average Bonchev–Trinajstić information content (AvgIpc) is 3.12. The third-order valence-corrected chi connectivity index (χ3v) is 5.11. The second kappa shape index (κ2) is 8.70. The molecule has 4 rings (SSSR count). The Morgan fingerprint density at radius 1 is 0.969 bits per heavy atom. The highest BCUT2D eigenvalue weighted by Crippen LogP contribution is 2.30. The van der Waals surface area contributed by atoms with Crippen LogP contribution in [0.2, 0.25) is 0 Å². The summed E-state index contributed by atoms with van der Waals surface area (Å²) in [6, 6.07) is 7.87. The summed E-state index contributed by atoms with van der Waals surface area (Å²) < 4.78 is 45.8. The number of aryl methyl sites for hydroxylation is 1. The molecule has 2 aromatic carbocycles. The van der Waals surface area contributed by atoms with Gasteiger partial charge in [-0.25, -0.2) is 18.6 Å². The molecule has 0 saturated carbocycles. The molecule has 2 N–H and O–H groups in total. The number of halogens is 3. The number of carbonyl (C=O) groups excluding carboxylic acids is 2. The minimum atomic E-state index is -0.905. The number of hydrazone groups is 1. The van der Waals surface area contributed by atoms with Gasteiger partial charge in [-0.05, 0) is 56.2 Å². The first-order valence-corrected chi connectivity index (χ1v) is 9.85. The number of rotatable bonds is 4. The summed E-state index contributed by atoms with van der Waals surface area (Å²) in [5.74, 6) is -2.78. The summed E-state index contributed by atoms with van der Waals surface area (Å²) in [6.45, 7) is 1.67. The molecule has 1 aromatic heterocycles. The maximum absolute atomic E-state index is 13.9. The fourth-order valence-electron chi connectivity index (χ4n) is 3.55. The Balaban J connectivity index is 1.57. The van der Waals surface area contributed by atoms with Crippen LogP contribution in [0.25, 0.3) is 0 Å². The van der Waals surface area contributed by atoms with Gasteiger partial charge in [-0.3, -0.25) is 9.59 Å². The maximum Gasteiger partial charge on any atom is 0.291 e. The molecule has 1 heterocycles. The molecule has 0 saturated heterocycles. The zero-order chi connectivity index (χ0) is 22.8. The Morgan fingerprint density at radius 3 is 2.41 bits per heavy atom. The van der Waals surface area contributed by atoms with Crippen molar-refractivity contribution in [2.24, 2.45) is 5.10 Å². The number of nitrogens with zero attached hydrogens (tertiary/aromatic N) is 1. The number of anilines is 1. The van der Waals surface area contributed by atoms with E-state index in [0.29, 0.717) is 47.9 Å². The molecule has 9 heteroatoms. The summed E-state index contributed by atoms with van der Waals surface area (Å²) in [5.41, 5.74) is 4.16. The van der Waals surface area contributed by atoms with E-state index < -0.39 is 29.3 Å². The standard InChI is InChI=1S/C23H18F3N3O3/c1-12-20-18(28-29-22(30)13-5-7-14(24)8-6-13)3-2-4-19(20)32-21(12)23(31)27-17-10-9-15(25)11-16(17)26/h5-11H,2-4H2,1H3,(H,27,31)(H,29,30)/b28-18+. The number of hydrogen-bond acceptors (Lipinski definition) is 4. The molecule has 0 fully saturated rings. The molecule has 0 unspecified atom stereocenters. The minimum Gasteiger partial charge on any atom is -0.455 e. The number of benzene rings is 2. The molecule has 0 radical (unpaired) electrons. The minimum absolute atomic E-state index is 0.0156. The van der Waals surface area contributed by atoms with E-state index in [9.17, 15) is 22.8 Å². The van der Waals surface area contributed by atoms with Crippen molar-refractivity contribution in [2.45, 2.75) is 26.2 Å². The zero-order valence-corrected chi connectivity index (χ0v) is 17.0. The Labute approximate surface area is 181 Å². The van der Waals surface area contributed by atoms with Crippen LogP contribution in [0.4, 0.5) is 18.9 Å². The smallest absolute Gasteiger partial charge is 0.291 e. The van der Waals surface area contributed by atoms with E-state index in [2.05, 4.69) is 15.8 Å². The Morgan fingerprint density at radius 2 is 1.69 bits per heavy atom. The Kier molecular flexibility index (Phi) is 5.81. The number of hydrogen-bond donors (Lipinski definition) is 2. The van der Waals surface area contributed by atoms with E-state index in [0.717, 1.165) is 12.1 Å². The van der Waals surface area contributed by atoms with Crippen LogP contribution in [0.5, 0.6) is 0 Å². The molecule has 0 atom stereocenters. The predicted molar refractivity (Wildman–Crippen MR) is 111 cm³/mol. The summed E-state index contributed by atoms with van der Waals surface area (Å²) in [6.07, 6.45) is 1.81. The first-order valence-electron chi connectivity index (χ1n) is 9.85. The fraction of sp³-hybridized carbons (Fsp3) is 0.174. The van der Waals surface area contributed by atoms with Gasteiger partial charge in [0.05, 0.1) is 11.4 Å². The molecule has 6 nitrogen and oxygen atoms in total. The molecule has 1 aliphatic carbocycles. The summed E-state index contributed by atoms with van der Waals surface area (Å²) in [7, 11) is 0. The molecular weight excluding hydrogens is 423 g/mol. The lowest BCUT2D eigenvalue weighted by Gasteiger charge is -2.13. The van der Waals surface area contributed by atoms with Gasteiger partial charge in [-0.15, -0.1) is 0 Å². The average molecular weight is 441 g/mol. The number of carbonyl (C=O) groups is 2. The molecule has 0 bridgehead atoms. The van der Waals surface area contributed by atoms with Gasteiger partial charge in [0.25, 0.3) is 11.8 Å². The van der Waals surface area contributed by atoms with Gasteiger partial charge in [-0.1, -0.05) is 0 Å². The van der Waals surface area contributed by atoms with Crippen LogP contribution in [0.1, 0.15) is 50.6 Å².